The Morgan fingerprint density at radius 3 is 2.36 bits per heavy atom. The fourth-order valence-corrected chi connectivity index (χ4v) is 0.795. The number of carbonyl (C=O) groups excluding carboxylic acids is 1. The molecule has 0 aliphatic rings. The summed E-state index contributed by atoms with van der Waals surface area (Å²) in [4.78, 5) is 12.9. The zero-order valence-corrected chi connectivity index (χ0v) is 7.42. The Labute approximate surface area is 68.1 Å². The molecule has 0 aromatic rings. The van der Waals surface area contributed by atoms with E-state index in [1.165, 1.54) is 6.08 Å². The van der Waals surface area contributed by atoms with Gasteiger partial charge in [-0.1, -0.05) is 0 Å². The minimum Gasteiger partial charge on any atom is -0.394 e. The minimum absolute atomic E-state index is 0.0596. The lowest BCUT2D eigenvalue weighted by molar-refractivity contribution is -0.125. The van der Waals surface area contributed by atoms with Crippen LogP contribution in [0.1, 0.15) is 13.8 Å². The van der Waals surface area contributed by atoms with E-state index < -0.39 is 0 Å². The normalized spacial score (nSPS) is 10.1. The van der Waals surface area contributed by atoms with E-state index in [4.69, 9.17) is 0 Å². The molecule has 0 bridgehead atoms. The van der Waals surface area contributed by atoms with Crippen LogP contribution in [0.2, 0.25) is 0 Å². The third kappa shape index (κ3) is 3.65. The van der Waals surface area contributed by atoms with E-state index in [9.17, 15) is 4.79 Å². The fourth-order valence-electron chi connectivity index (χ4n) is 0.795. The molecule has 0 saturated heterocycles. The van der Waals surface area contributed by atoms with Gasteiger partial charge in [0.2, 0.25) is 5.91 Å². The van der Waals surface area contributed by atoms with Gasteiger partial charge < -0.3 is 10.2 Å². The van der Waals surface area contributed by atoms with Crippen molar-refractivity contribution in [3.63, 3.8) is 0 Å². The highest BCUT2D eigenvalue weighted by Crippen LogP contribution is 1.88. The van der Waals surface area contributed by atoms with Crippen LogP contribution in [0.5, 0.6) is 0 Å². The van der Waals surface area contributed by atoms with Crippen LogP contribution in [-0.2, 0) is 4.79 Å². The monoisotopic (exact) mass is 156 g/mol. The molecular formula is C8H16N2O. The Balaban J connectivity index is 3.88. The molecular weight excluding hydrogens is 140 g/mol. The van der Waals surface area contributed by atoms with Gasteiger partial charge in [-0.3, -0.25) is 4.79 Å². The van der Waals surface area contributed by atoms with E-state index in [1.54, 1.807) is 18.1 Å². The van der Waals surface area contributed by atoms with Crippen molar-refractivity contribution in [1.82, 2.24) is 10.2 Å². The summed E-state index contributed by atoms with van der Waals surface area (Å²) < 4.78 is 0. The molecule has 0 saturated carbocycles. The van der Waals surface area contributed by atoms with E-state index in [1.807, 2.05) is 13.8 Å². The molecule has 11 heavy (non-hydrogen) atoms. The molecule has 0 aliphatic heterocycles. The van der Waals surface area contributed by atoms with E-state index in [0.29, 0.717) is 0 Å². The van der Waals surface area contributed by atoms with Crippen LogP contribution in [0.3, 0.4) is 0 Å². The Morgan fingerprint density at radius 1 is 1.45 bits per heavy atom. The molecule has 1 N–H and O–H groups in total. The number of hydrogen-bond donors (Lipinski definition) is 1. The quantitative estimate of drug-likeness (QED) is 0.604. The van der Waals surface area contributed by atoms with E-state index in [-0.39, 0.29) is 5.91 Å². The first-order valence-electron chi connectivity index (χ1n) is 3.89. The van der Waals surface area contributed by atoms with Crippen molar-refractivity contribution in [2.75, 3.05) is 20.1 Å². The minimum atomic E-state index is 0.0596. The number of likely N-dealkylation sites (N-methyl/N-ethyl adjacent to an activating group) is 1. The summed E-state index contributed by atoms with van der Waals surface area (Å²) in [6, 6.07) is 0. The van der Waals surface area contributed by atoms with Gasteiger partial charge in [0, 0.05) is 32.4 Å². The molecule has 0 aromatic carbocycles. The molecule has 1 amide bonds. The van der Waals surface area contributed by atoms with Crippen LogP contribution in [-0.4, -0.2) is 30.9 Å². The van der Waals surface area contributed by atoms with E-state index in [2.05, 4.69) is 5.32 Å². The number of nitrogens with one attached hydrogen (secondary N) is 1. The average Bonchev–Trinajstić information content (AvgIpc) is 2.03. The van der Waals surface area contributed by atoms with E-state index in [0.717, 1.165) is 13.1 Å². The highest BCUT2D eigenvalue weighted by atomic mass is 16.2. The maximum atomic E-state index is 11.2. The summed E-state index contributed by atoms with van der Waals surface area (Å²) >= 11 is 0. The summed E-state index contributed by atoms with van der Waals surface area (Å²) in [5, 5.41) is 2.77. The summed E-state index contributed by atoms with van der Waals surface area (Å²) in [6.07, 6.45) is 3.17. The summed E-state index contributed by atoms with van der Waals surface area (Å²) in [5.41, 5.74) is 0. The highest BCUT2D eigenvalue weighted by molar-refractivity contribution is 5.87. The van der Waals surface area contributed by atoms with Crippen LogP contribution in [0.25, 0.3) is 0 Å². The predicted molar refractivity (Wildman–Crippen MR) is 46.1 cm³/mol. The second-order valence-corrected chi connectivity index (χ2v) is 2.13. The molecule has 0 heterocycles. The zero-order chi connectivity index (χ0) is 8.69. The average molecular weight is 156 g/mol. The molecule has 0 unspecified atom stereocenters. The van der Waals surface area contributed by atoms with Gasteiger partial charge in [-0.2, -0.15) is 0 Å². The van der Waals surface area contributed by atoms with Gasteiger partial charge in [0.05, 0.1) is 0 Å². The van der Waals surface area contributed by atoms with Gasteiger partial charge >= 0.3 is 0 Å². The van der Waals surface area contributed by atoms with Gasteiger partial charge in [0.15, 0.2) is 0 Å². The Bertz CT molecular complexity index is 139. The van der Waals surface area contributed by atoms with Crippen molar-refractivity contribution in [2.45, 2.75) is 13.8 Å². The highest BCUT2D eigenvalue weighted by Gasteiger charge is 2.03. The van der Waals surface area contributed by atoms with Gasteiger partial charge in [-0.15, -0.1) is 0 Å². The SMILES string of the molecule is CCN(CC)C(=O)/C=C\NC. The largest absolute Gasteiger partial charge is 0.394 e. The molecule has 0 radical (unpaired) electrons. The maximum absolute atomic E-state index is 11.2. The molecule has 3 heteroatoms. The van der Waals surface area contributed by atoms with Crippen molar-refractivity contribution >= 4 is 5.91 Å². The molecule has 3 nitrogen and oxygen atoms in total. The fraction of sp³-hybridized carbons (Fsp3) is 0.625. The topological polar surface area (TPSA) is 32.3 Å². The van der Waals surface area contributed by atoms with Crippen molar-refractivity contribution < 1.29 is 4.79 Å². The molecule has 0 spiro atoms. The molecule has 0 rings (SSSR count). The van der Waals surface area contributed by atoms with Crippen LogP contribution in [0, 0.1) is 0 Å². The number of carbonyl (C=O) groups is 1. The molecule has 0 atom stereocenters. The Hall–Kier alpha value is -0.990. The second-order valence-electron chi connectivity index (χ2n) is 2.13. The van der Waals surface area contributed by atoms with Crippen molar-refractivity contribution in [2.24, 2.45) is 0 Å². The summed E-state index contributed by atoms with van der Waals surface area (Å²) in [7, 11) is 1.77. The van der Waals surface area contributed by atoms with Crippen molar-refractivity contribution in [1.29, 1.82) is 0 Å². The van der Waals surface area contributed by atoms with Gasteiger partial charge in [-0.25, -0.2) is 0 Å². The first kappa shape index (κ1) is 10.0. The summed E-state index contributed by atoms with van der Waals surface area (Å²) in [6.45, 7) is 5.47. The molecule has 0 fully saturated rings. The van der Waals surface area contributed by atoms with E-state index >= 15 is 0 Å². The summed E-state index contributed by atoms with van der Waals surface area (Å²) in [5.74, 6) is 0.0596. The van der Waals surface area contributed by atoms with Gasteiger partial charge in [0.1, 0.15) is 0 Å². The van der Waals surface area contributed by atoms with Gasteiger partial charge in [-0.05, 0) is 13.8 Å². The number of nitrogens with zero attached hydrogens (tertiary/aromatic N) is 1. The molecule has 0 aliphatic carbocycles. The maximum Gasteiger partial charge on any atom is 0.247 e. The number of rotatable bonds is 4. The van der Waals surface area contributed by atoms with Crippen LogP contribution in [0.15, 0.2) is 12.3 Å². The third-order valence-electron chi connectivity index (χ3n) is 1.47. The zero-order valence-electron chi connectivity index (χ0n) is 7.42. The van der Waals surface area contributed by atoms with Crippen LogP contribution < -0.4 is 5.32 Å². The molecule has 64 valence electrons. The predicted octanol–water partition coefficient (Wildman–Crippen LogP) is 0.588. The van der Waals surface area contributed by atoms with Crippen LogP contribution in [0.4, 0.5) is 0 Å². The van der Waals surface area contributed by atoms with Crippen molar-refractivity contribution in [3.8, 4) is 0 Å². The van der Waals surface area contributed by atoms with Gasteiger partial charge in [0.25, 0.3) is 0 Å². The lowest BCUT2D eigenvalue weighted by Crippen LogP contribution is -2.28. The van der Waals surface area contributed by atoms with Crippen molar-refractivity contribution in [3.05, 3.63) is 12.3 Å². The first-order valence-corrected chi connectivity index (χ1v) is 3.89. The third-order valence-corrected chi connectivity index (χ3v) is 1.47. The second kappa shape index (κ2) is 5.77. The smallest absolute Gasteiger partial charge is 0.247 e. The lowest BCUT2D eigenvalue weighted by atomic mass is 10.4. The Morgan fingerprint density at radius 2 is 2.00 bits per heavy atom. The first-order chi connectivity index (χ1) is 5.26. The Kier molecular flexibility index (Phi) is 5.25. The van der Waals surface area contributed by atoms with Crippen LogP contribution >= 0.6 is 0 Å². The lowest BCUT2D eigenvalue weighted by Gasteiger charge is -2.15. The standard InChI is InChI=1S/C8H16N2O/c1-4-10(5-2)8(11)6-7-9-3/h6-7,9H,4-5H2,1-3H3/b7-6-. The number of hydrogen-bond acceptors (Lipinski definition) is 2. The number of amides is 1. The molecule has 0 aromatic heterocycles.